The van der Waals surface area contributed by atoms with E-state index in [-0.39, 0.29) is 24.5 Å². The number of amides is 2. The highest BCUT2D eigenvalue weighted by Crippen LogP contribution is 2.12. The van der Waals surface area contributed by atoms with E-state index in [9.17, 15) is 9.59 Å². The topological polar surface area (TPSA) is 107 Å². The van der Waals surface area contributed by atoms with Crippen molar-refractivity contribution in [1.82, 2.24) is 5.32 Å². The average Bonchev–Trinajstić information content (AvgIpc) is 2.53. The number of benzene rings is 1. The van der Waals surface area contributed by atoms with Crippen molar-refractivity contribution in [3.63, 3.8) is 0 Å². The third-order valence-corrected chi connectivity index (χ3v) is 3.78. The maximum Gasteiger partial charge on any atom is 0.248 e. The summed E-state index contributed by atoms with van der Waals surface area (Å²) in [5, 5.41) is 2.83. The van der Waals surface area contributed by atoms with Crippen molar-refractivity contribution in [3.8, 4) is 5.75 Å². The summed E-state index contributed by atoms with van der Waals surface area (Å²) >= 11 is 0. The predicted octanol–water partition coefficient (Wildman–Crippen LogP) is 1.19. The lowest BCUT2D eigenvalue weighted by Gasteiger charge is -2.26. The number of primary amides is 1. The molecule has 6 nitrogen and oxygen atoms in total. The van der Waals surface area contributed by atoms with Gasteiger partial charge >= 0.3 is 0 Å². The summed E-state index contributed by atoms with van der Waals surface area (Å²) in [7, 11) is 0. The summed E-state index contributed by atoms with van der Waals surface area (Å²) in [4.78, 5) is 22.7. The van der Waals surface area contributed by atoms with Gasteiger partial charge in [0.25, 0.3) is 0 Å². The lowest BCUT2D eigenvalue weighted by atomic mass is 9.94. The average molecular weight is 307 g/mol. The van der Waals surface area contributed by atoms with Crippen LogP contribution in [0.3, 0.4) is 0 Å². The molecular formula is C16H25N3O3. The molecule has 122 valence electrons. The minimum Gasteiger partial charge on any atom is -0.493 e. The second kappa shape index (κ2) is 8.38. The monoisotopic (exact) mass is 307 g/mol. The fraction of sp³-hybridized carbons (Fsp3) is 0.500. The smallest absolute Gasteiger partial charge is 0.248 e. The molecule has 0 aliphatic heterocycles. The van der Waals surface area contributed by atoms with E-state index in [1.807, 2.05) is 13.8 Å². The third kappa shape index (κ3) is 5.73. The zero-order chi connectivity index (χ0) is 16.6. The number of hydrogen-bond donors (Lipinski definition) is 3. The second-order valence-electron chi connectivity index (χ2n) is 5.33. The van der Waals surface area contributed by atoms with Gasteiger partial charge in [-0.25, -0.2) is 0 Å². The van der Waals surface area contributed by atoms with E-state index in [1.165, 1.54) is 0 Å². The highest BCUT2D eigenvalue weighted by Gasteiger charge is 2.20. The molecule has 1 aromatic carbocycles. The van der Waals surface area contributed by atoms with Gasteiger partial charge in [-0.3, -0.25) is 9.59 Å². The first-order chi connectivity index (χ1) is 10.4. The molecule has 0 unspecified atom stereocenters. The Morgan fingerprint density at radius 3 is 2.27 bits per heavy atom. The Kier molecular flexibility index (Phi) is 6.85. The Bertz CT molecular complexity index is 496. The molecule has 0 fully saturated rings. The molecule has 6 heteroatoms. The molecule has 0 heterocycles. The van der Waals surface area contributed by atoms with Crippen molar-refractivity contribution in [2.45, 2.75) is 38.6 Å². The Balaban J connectivity index is 2.31. The molecule has 0 atom stereocenters. The first kappa shape index (κ1) is 18.0. The summed E-state index contributed by atoms with van der Waals surface area (Å²) in [6.45, 7) is 4.74. The van der Waals surface area contributed by atoms with Crippen LogP contribution in [0.4, 0.5) is 0 Å². The summed E-state index contributed by atoms with van der Waals surface area (Å²) in [5.74, 6) is 0.0154. The van der Waals surface area contributed by atoms with Gasteiger partial charge in [0.15, 0.2) is 0 Å². The maximum absolute atomic E-state index is 11.7. The first-order valence-electron chi connectivity index (χ1n) is 7.48. The molecule has 0 aromatic heterocycles. The van der Waals surface area contributed by atoms with Crippen molar-refractivity contribution in [2.24, 2.45) is 11.5 Å². The minimum atomic E-state index is -0.483. The van der Waals surface area contributed by atoms with Gasteiger partial charge < -0.3 is 21.5 Å². The number of nitrogens with two attached hydrogens (primary N) is 2. The Morgan fingerprint density at radius 1 is 1.18 bits per heavy atom. The lowest BCUT2D eigenvalue weighted by molar-refractivity contribution is -0.121. The van der Waals surface area contributed by atoms with Crippen molar-refractivity contribution in [3.05, 3.63) is 29.8 Å². The predicted molar refractivity (Wildman–Crippen MR) is 85.6 cm³/mol. The van der Waals surface area contributed by atoms with Crippen LogP contribution in [0.1, 0.15) is 43.5 Å². The quantitative estimate of drug-likeness (QED) is 0.637. The largest absolute Gasteiger partial charge is 0.493 e. The zero-order valence-electron chi connectivity index (χ0n) is 13.2. The van der Waals surface area contributed by atoms with Crippen molar-refractivity contribution >= 4 is 11.8 Å². The van der Waals surface area contributed by atoms with Crippen molar-refractivity contribution in [1.29, 1.82) is 0 Å². The van der Waals surface area contributed by atoms with Crippen LogP contribution in [0.5, 0.6) is 5.75 Å². The van der Waals surface area contributed by atoms with E-state index in [1.54, 1.807) is 24.3 Å². The van der Waals surface area contributed by atoms with Crippen LogP contribution in [-0.2, 0) is 4.79 Å². The van der Waals surface area contributed by atoms with Gasteiger partial charge in [0, 0.05) is 17.6 Å². The minimum absolute atomic E-state index is 0.0921. The highest BCUT2D eigenvalue weighted by atomic mass is 16.5. The number of carbonyl (C=O) groups is 2. The number of carbonyl (C=O) groups excluding carboxylic acids is 2. The molecule has 0 bridgehead atoms. The molecule has 0 spiro atoms. The molecule has 0 radical (unpaired) electrons. The summed E-state index contributed by atoms with van der Waals surface area (Å²) in [5.41, 5.74) is 11.3. The second-order valence-corrected chi connectivity index (χ2v) is 5.33. The molecule has 22 heavy (non-hydrogen) atoms. The van der Waals surface area contributed by atoms with Gasteiger partial charge in [0.1, 0.15) is 5.75 Å². The zero-order valence-corrected chi connectivity index (χ0v) is 13.2. The number of ether oxygens (including phenoxy) is 1. The summed E-state index contributed by atoms with van der Waals surface area (Å²) in [6, 6.07) is 6.47. The van der Waals surface area contributed by atoms with E-state index in [2.05, 4.69) is 5.32 Å². The fourth-order valence-electron chi connectivity index (χ4n) is 1.84. The third-order valence-electron chi connectivity index (χ3n) is 3.78. The highest BCUT2D eigenvalue weighted by molar-refractivity contribution is 5.92. The van der Waals surface area contributed by atoms with Crippen molar-refractivity contribution in [2.75, 3.05) is 13.2 Å². The van der Waals surface area contributed by atoms with Crippen LogP contribution in [0.15, 0.2) is 24.3 Å². The summed E-state index contributed by atoms with van der Waals surface area (Å²) in [6.07, 6.45) is 1.88. The van der Waals surface area contributed by atoms with Gasteiger partial charge in [-0.1, -0.05) is 13.8 Å². The standard InChI is InChI=1S/C16H25N3O3/c1-3-16(18,4-2)11-19-14(20)9-10-22-13-7-5-12(6-8-13)15(17)21/h5-8H,3-4,9-11,18H2,1-2H3,(H2,17,21)(H,19,20). The van der Waals surface area contributed by atoms with E-state index >= 15 is 0 Å². The SMILES string of the molecule is CCC(N)(CC)CNC(=O)CCOc1ccc(C(N)=O)cc1. The molecule has 0 aliphatic carbocycles. The van der Waals surface area contributed by atoms with Gasteiger partial charge in [-0.15, -0.1) is 0 Å². The van der Waals surface area contributed by atoms with Crippen LogP contribution < -0.4 is 21.5 Å². The van der Waals surface area contributed by atoms with E-state index < -0.39 is 5.91 Å². The fourth-order valence-corrected chi connectivity index (χ4v) is 1.84. The van der Waals surface area contributed by atoms with Crippen LogP contribution in [0, 0.1) is 0 Å². The number of nitrogens with one attached hydrogen (secondary N) is 1. The Hall–Kier alpha value is -2.08. The number of rotatable bonds is 9. The Morgan fingerprint density at radius 2 is 1.77 bits per heavy atom. The number of hydrogen-bond acceptors (Lipinski definition) is 4. The molecule has 0 saturated carbocycles. The molecule has 0 aliphatic rings. The molecular weight excluding hydrogens is 282 g/mol. The maximum atomic E-state index is 11.7. The van der Waals surface area contributed by atoms with Crippen LogP contribution in [0.2, 0.25) is 0 Å². The molecule has 2 amide bonds. The van der Waals surface area contributed by atoms with Crippen molar-refractivity contribution < 1.29 is 14.3 Å². The lowest BCUT2D eigenvalue weighted by Crippen LogP contribution is -2.49. The van der Waals surface area contributed by atoms with Gasteiger partial charge in [0.05, 0.1) is 13.0 Å². The Labute approximate surface area is 131 Å². The van der Waals surface area contributed by atoms with Gasteiger partial charge in [-0.2, -0.15) is 0 Å². The molecule has 0 saturated heterocycles. The van der Waals surface area contributed by atoms with Gasteiger partial charge in [0.2, 0.25) is 11.8 Å². The van der Waals surface area contributed by atoms with Crippen LogP contribution in [0.25, 0.3) is 0 Å². The first-order valence-corrected chi connectivity index (χ1v) is 7.48. The molecule has 5 N–H and O–H groups in total. The molecule has 1 aromatic rings. The normalized spacial score (nSPS) is 11.0. The van der Waals surface area contributed by atoms with E-state index in [0.717, 1.165) is 12.8 Å². The van der Waals surface area contributed by atoms with Crippen LogP contribution >= 0.6 is 0 Å². The molecule has 1 rings (SSSR count). The van der Waals surface area contributed by atoms with Gasteiger partial charge in [-0.05, 0) is 37.1 Å². The summed E-state index contributed by atoms with van der Waals surface area (Å²) < 4.78 is 5.45. The van der Waals surface area contributed by atoms with E-state index in [0.29, 0.717) is 17.9 Å². The van der Waals surface area contributed by atoms with E-state index in [4.69, 9.17) is 16.2 Å². The van der Waals surface area contributed by atoms with Crippen LogP contribution in [-0.4, -0.2) is 30.5 Å².